The third-order valence-corrected chi connectivity index (χ3v) is 3.08. The van der Waals surface area contributed by atoms with Gasteiger partial charge in [-0.25, -0.2) is 0 Å². The molecular weight excluding hydrogens is 244 g/mol. The van der Waals surface area contributed by atoms with Crippen molar-refractivity contribution >= 4 is 17.5 Å². The minimum absolute atomic E-state index is 0.249. The molecule has 2 heterocycles. The molecule has 1 aliphatic heterocycles. The van der Waals surface area contributed by atoms with Gasteiger partial charge in [0.05, 0.1) is 29.6 Å². The molecule has 0 fully saturated rings. The Hall–Kier alpha value is -2.63. The number of nitrogens with two attached hydrogens (primary N) is 1. The molecule has 96 valence electrons. The molecule has 0 unspecified atom stereocenters. The summed E-state index contributed by atoms with van der Waals surface area (Å²) in [5.74, 6) is -0.499. The number of imide groups is 1. The lowest BCUT2D eigenvalue weighted by atomic mass is 10.1. The molecule has 0 saturated heterocycles. The highest BCUT2D eigenvalue weighted by molar-refractivity contribution is 6.21. The van der Waals surface area contributed by atoms with E-state index in [9.17, 15) is 9.59 Å². The summed E-state index contributed by atoms with van der Waals surface area (Å²) in [4.78, 5) is 25.4. The predicted octanol–water partition coefficient (Wildman–Crippen LogP) is 0.761. The van der Waals surface area contributed by atoms with Crippen molar-refractivity contribution < 1.29 is 9.59 Å². The predicted molar refractivity (Wildman–Crippen MR) is 68.4 cm³/mol. The Morgan fingerprint density at radius 2 is 1.68 bits per heavy atom. The van der Waals surface area contributed by atoms with Crippen LogP contribution in [0.1, 0.15) is 20.7 Å². The van der Waals surface area contributed by atoms with Gasteiger partial charge in [0, 0.05) is 12.7 Å². The van der Waals surface area contributed by atoms with Crippen LogP contribution in [0.5, 0.6) is 0 Å². The fraction of sp³-hybridized carbons (Fsp3) is 0.154. The highest BCUT2D eigenvalue weighted by atomic mass is 16.2. The first kappa shape index (κ1) is 11.5. The zero-order chi connectivity index (χ0) is 13.4. The van der Waals surface area contributed by atoms with Crippen molar-refractivity contribution in [2.45, 2.75) is 6.54 Å². The van der Waals surface area contributed by atoms with Crippen molar-refractivity contribution in [1.82, 2.24) is 14.7 Å². The summed E-state index contributed by atoms with van der Waals surface area (Å²) in [6, 6.07) is 6.84. The van der Waals surface area contributed by atoms with E-state index in [0.717, 1.165) is 0 Å². The lowest BCUT2D eigenvalue weighted by molar-refractivity contribution is 0.0647. The van der Waals surface area contributed by atoms with E-state index in [2.05, 4.69) is 5.10 Å². The highest BCUT2D eigenvalue weighted by Crippen LogP contribution is 2.22. The number of hydrogen-bond donors (Lipinski definition) is 1. The first-order valence-electron chi connectivity index (χ1n) is 5.90. The van der Waals surface area contributed by atoms with Crippen LogP contribution in [-0.4, -0.2) is 33.0 Å². The number of aromatic nitrogens is 2. The summed E-state index contributed by atoms with van der Waals surface area (Å²) < 4.78 is 1.61. The van der Waals surface area contributed by atoms with Crippen LogP contribution >= 0.6 is 0 Å². The van der Waals surface area contributed by atoms with Gasteiger partial charge >= 0.3 is 0 Å². The van der Waals surface area contributed by atoms with Crippen LogP contribution in [0.4, 0.5) is 5.69 Å². The van der Waals surface area contributed by atoms with Gasteiger partial charge in [-0.05, 0) is 12.1 Å². The normalized spacial score (nSPS) is 14.0. The molecule has 0 radical (unpaired) electrons. The first-order chi connectivity index (χ1) is 9.16. The molecule has 2 amide bonds. The van der Waals surface area contributed by atoms with Crippen LogP contribution in [0.2, 0.25) is 0 Å². The molecule has 2 N–H and O–H groups in total. The van der Waals surface area contributed by atoms with Crippen LogP contribution in [0, 0.1) is 0 Å². The number of fused-ring (bicyclic) bond motifs is 1. The van der Waals surface area contributed by atoms with Gasteiger partial charge in [0.1, 0.15) is 0 Å². The summed E-state index contributed by atoms with van der Waals surface area (Å²) in [5.41, 5.74) is 7.04. The van der Waals surface area contributed by atoms with Crippen LogP contribution in [0.25, 0.3) is 0 Å². The number of hydrogen-bond acceptors (Lipinski definition) is 4. The number of amides is 2. The Labute approximate surface area is 109 Å². The van der Waals surface area contributed by atoms with Crippen molar-refractivity contribution in [2.24, 2.45) is 0 Å². The minimum Gasteiger partial charge on any atom is -0.396 e. The lowest BCUT2D eigenvalue weighted by Gasteiger charge is -2.13. The zero-order valence-corrected chi connectivity index (χ0v) is 10.1. The third kappa shape index (κ3) is 1.87. The van der Waals surface area contributed by atoms with Crippen molar-refractivity contribution in [3.63, 3.8) is 0 Å². The number of carbonyl (C=O) groups is 2. The van der Waals surface area contributed by atoms with Crippen LogP contribution in [0.3, 0.4) is 0 Å². The van der Waals surface area contributed by atoms with E-state index in [-0.39, 0.29) is 18.4 Å². The molecule has 1 aliphatic rings. The fourth-order valence-corrected chi connectivity index (χ4v) is 2.15. The van der Waals surface area contributed by atoms with Gasteiger partial charge < -0.3 is 5.73 Å². The molecular formula is C13H12N4O2. The fourth-order valence-electron chi connectivity index (χ4n) is 2.15. The van der Waals surface area contributed by atoms with Gasteiger partial charge in [0.15, 0.2) is 0 Å². The van der Waals surface area contributed by atoms with Gasteiger partial charge in [-0.15, -0.1) is 0 Å². The second-order valence-electron chi connectivity index (χ2n) is 4.34. The van der Waals surface area contributed by atoms with Crippen molar-refractivity contribution in [2.75, 3.05) is 12.3 Å². The van der Waals surface area contributed by atoms with E-state index in [1.54, 1.807) is 35.1 Å². The van der Waals surface area contributed by atoms with E-state index in [1.165, 1.54) is 11.1 Å². The van der Waals surface area contributed by atoms with E-state index in [1.807, 2.05) is 0 Å². The summed E-state index contributed by atoms with van der Waals surface area (Å²) in [5, 5.41) is 4.02. The average molecular weight is 256 g/mol. The first-order valence-corrected chi connectivity index (χ1v) is 5.90. The van der Waals surface area contributed by atoms with E-state index < -0.39 is 0 Å². The molecule has 0 spiro atoms. The third-order valence-electron chi connectivity index (χ3n) is 3.08. The zero-order valence-electron chi connectivity index (χ0n) is 10.1. The molecule has 1 aromatic carbocycles. The topological polar surface area (TPSA) is 81.2 Å². The SMILES string of the molecule is Nc1cnn(CCN2C(=O)c3ccccc3C2=O)c1. The summed E-state index contributed by atoms with van der Waals surface area (Å²) in [6.45, 7) is 0.718. The summed E-state index contributed by atoms with van der Waals surface area (Å²) >= 11 is 0. The average Bonchev–Trinajstić information content (AvgIpc) is 2.93. The summed E-state index contributed by atoms with van der Waals surface area (Å²) in [6.07, 6.45) is 3.19. The summed E-state index contributed by atoms with van der Waals surface area (Å²) in [7, 11) is 0. The van der Waals surface area contributed by atoms with Crippen LogP contribution in [-0.2, 0) is 6.54 Å². The van der Waals surface area contributed by atoms with Crippen molar-refractivity contribution in [1.29, 1.82) is 0 Å². The van der Waals surface area contributed by atoms with Crippen LogP contribution in [0.15, 0.2) is 36.7 Å². The molecule has 0 atom stereocenters. The molecule has 3 rings (SSSR count). The molecule has 19 heavy (non-hydrogen) atoms. The van der Waals surface area contributed by atoms with Gasteiger partial charge in [0.25, 0.3) is 11.8 Å². The lowest BCUT2D eigenvalue weighted by Crippen LogP contribution is -2.33. The molecule has 0 bridgehead atoms. The maximum atomic E-state index is 12.1. The Kier molecular flexibility index (Phi) is 2.56. The molecule has 6 heteroatoms. The number of carbonyl (C=O) groups excluding carboxylic acids is 2. The largest absolute Gasteiger partial charge is 0.396 e. The second-order valence-corrected chi connectivity index (χ2v) is 4.34. The molecule has 0 saturated carbocycles. The number of nitrogen functional groups attached to an aromatic ring is 1. The smallest absolute Gasteiger partial charge is 0.261 e. The van der Waals surface area contributed by atoms with Crippen molar-refractivity contribution in [3.8, 4) is 0 Å². The second kappa shape index (κ2) is 4.24. The van der Waals surface area contributed by atoms with Gasteiger partial charge in [-0.2, -0.15) is 5.10 Å². The number of anilines is 1. The molecule has 1 aromatic heterocycles. The van der Waals surface area contributed by atoms with E-state index >= 15 is 0 Å². The number of rotatable bonds is 3. The Bertz CT molecular complexity index is 627. The van der Waals surface area contributed by atoms with E-state index in [0.29, 0.717) is 23.4 Å². The maximum Gasteiger partial charge on any atom is 0.261 e. The van der Waals surface area contributed by atoms with E-state index in [4.69, 9.17) is 5.73 Å². The molecule has 2 aromatic rings. The van der Waals surface area contributed by atoms with Gasteiger partial charge in [0.2, 0.25) is 0 Å². The Morgan fingerprint density at radius 3 is 2.21 bits per heavy atom. The van der Waals surface area contributed by atoms with Gasteiger partial charge in [-0.3, -0.25) is 19.2 Å². The Balaban J connectivity index is 1.77. The number of nitrogens with zero attached hydrogens (tertiary/aromatic N) is 3. The van der Waals surface area contributed by atoms with Crippen LogP contribution < -0.4 is 5.73 Å². The maximum absolute atomic E-state index is 12.1. The number of benzene rings is 1. The quantitative estimate of drug-likeness (QED) is 0.822. The highest BCUT2D eigenvalue weighted by Gasteiger charge is 2.34. The minimum atomic E-state index is -0.249. The van der Waals surface area contributed by atoms with Gasteiger partial charge in [-0.1, -0.05) is 12.1 Å². The molecule has 6 nitrogen and oxygen atoms in total. The Morgan fingerprint density at radius 1 is 1.05 bits per heavy atom. The van der Waals surface area contributed by atoms with Crippen molar-refractivity contribution in [3.05, 3.63) is 47.8 Å². The molecule has 0 aliphatic carbocycles. The monoisotopic (exact) mass is 256 g/mol. The standard InChI is InChI=1S/C13H12N4O2/c14-9-7-15-16(8-9)5-6-17-12(18)10-3-1-2-4-11(10)13(17)19/h1-4,7-8H,5-6,14H2.